The monoisotopic (exact) mass is 374 g/mol. The van der Waals surface area contributed by atoms with E-state index >= 15 is 0 Å². The van der Waals surface area contributed by atoms with Crippen LogP contribution in [-0.4, -0.2) is 14.5 Å². The summed E-state index contributed by atoms with van der Waals surface area (Å²) >= 11 is 3.32. The van der Waals surface area contributed by atoms with Gasteiger partial charge in [-0.05, 0) is 58.8 Å². The van der Waals surface area contributed by atoms with Crippen LogP contribution in [0.1, 0.15) is 38.7 Å². The van der Waals surface area contributed by atoms with E-state index in [-0.39, 0.29) is 10.9 Å². The van der Waals surface area contributed by atoms with Gasteiger partial charge in [-0.15, -0.1) is 0 Å². The number of anilines is 1. The first-order chi connectivity index (χ1) is 9.72. The third-order valence-electron chi connectivity index (χ3n) is 4.60. The number of nitrogens with two attached hydrogens (primary N) is 1. The lowest BCUT2D eigenvalue weighted by atomic mass is 9.78. The number of sulfonamides is 1. The van der Waals surface area contributed by atoms with Crippen molar-refractivity contribution >= 4 is 31.6 Å². The maximum Gasteiger partial charge on any atom is 0.241 e. The summed E-state index contributed by atoms with van der Waals surface area (Å²) in [6.45, 7) is 6.10. The van der Waals surface area contributed by atoms with Gasteiger partial charge in [0.15, 0.2) is 0 Å². The molecule has 0 aliphatic heterocycles. The third-order valence-corrected chi connectivity index (χ3v) is 6.92. The molecule has 1 aromatic carbocycles. The first-order valence-electron chi connectivity index (χ1n) is 7.30. The predicted molar refractivity (Wildman–Crippen MR) is 89.6 cm³/mol. The summed E-state index contributed by atoms with van der Waals surface area (Å²) in [7, 11) is -3.54. The summed E-state index contributed by atoms with van der Waals surface area (Å²) in [5.74, 6) is 0.893. The summed E-state index contributed by atoms with van der Waals surface area (Å²) in [4.78, 5) is 0.272. The van der Waals surface area contributed by atoms with E-state index in [1.807, 2.05) is 0 Å². The zero-order valence-corrected chi connectivity index (χ0v) is 15.1. The molecule has 2 rings (SSSR count). The molecule has 0 radical (unpaired) electrons. The molecule has 3 atom stereocenters. The van der Waals surface area contributed by atoms with E-state index in [4.69, 9.17) is 5.73 Å². The largest absolute Gasteiger partial charge is 0.398 e. The third kappa shape index (κ3) is 3.60. The number of hydrogen-bond donors (Lipinski definition) is 2. The zero-order chi connectivity index (χ0) is 15.8. The second kappa shape index (κ2) is 6.26. The Morgan fingerprint density at radius 1 is 1.29 bits per heavy atom. The van der Waals surface area contributed by atoms with Crippen molar-refractivity contribution in [2.75, 3.05) is 5.73 Å². The SMILES string of the molecule is Cc1cc(Br)c(N)cc1S(=O)(=O)NC1CCCC(C)C1C. The molecule has 6 heteroatoms. The highest BCUT2D eigenvalue weighted by Gasteiger charge is 2.31. The van der Waals surface area contributed by atoms with Crippen molar-refractivity contribution < 1.29 is 8.42 Å². The molecule has 4 nitrogen and oxygen atoms in total. The maximum absolute atomic E-state index is 12.7. The number of halogens is 1. The average Bonchev–Trinajstić information content (AvgIpc) is 2.39. The number of aryl methyl sites for hydroxylation is 1. The van der Waals surface area contributed by atoms with Gasteiger partial charge in [0.2, 0.25) is 10.0 Å². The number of rotatable bonds is 3. The van der Waals surface area contributed by atoms with E-state index in [0.29, 0.717) is 23.1 Å². The minimum Gasteiger partial charge on any atom is -0.398 e. The molecule has 1 aliphatic carbocycles. The van der Waals surface area contributed by atoms with Crippen molar-refractivity contribution in [3.05, 3.63) is 22.2 Å². The van der Waals surface area contributed by atoms with E-state index in [0.717, 1.165) is 17.3 Å². The van der Waals surface area contributed by atoms with E-state index in [1.165, 1.54) is 12.5 Å². The quantitative estimate of drug-likeness (QED) is 0.795. The van der Waals surface area contributed by atoms with Crippen molar-refractivity contribution in [3.8, 4) is 0 Å². The molecule has 0 heterocycles. The van der Waals surface area contributed by atoms with Crippen LogP contribution in [0.4, 0.5) is 5.69 Å². The van der Waals surface area contributed by atoms with Crippen LogP contribution in [-0.2, 0) is 10.0 Å². The molecular formula is C15H23BrN2O2S. The number of benzene rings is 1. The molecule has 1 saturated carbocycles. The standard InChI is InChI=1S/C15H23BrN2O2S/c1-9-5-4-6-14(11(9)3)18-21(19,20)15-8-13(17)12(16)7-10(15)2/h7-9,11,14,18H,4-6,17H2,1-3H3. The van der Waals surface area contributed by atoms with Crippen LogP contribution in [0.2, 0.25) is 0 Å². The molecule has 1 aromatic rings. The van der Waals surface area contributed by atoms with Crippen LogP contribution >= 0.6 is 15.9 Å². The molecule has 3 N–H and O–H groups in total. The molecule has 0 saturated heterocycles. The summed E-state index contributed by atoms with van der Waals surface area (Å²) in [6, 6.07) is 3.28. The van der Waals surface area contributed by atoms with Gasteiger partial charge in [-0.25, -0.2) is 13.1 Å². The lowest BCUT2D eigenvalue weighted by Gasteiger charge is -2.34. The van der Waals surface area contributed by atoms with Crippen LogP contribution in [0, 0.1) is 18.8 Å². The Bertz CT molecular complexity index is 631. The highest BCUT2D eigenvalue weighted by Crippen LogP contribution is 2.32. The van der Waals surface area contributed by atoms with Gasteiger partial charge in [-0.1, -0.05) is 26.7 Å². The smallest absolute Gasteiger partial charge is 0.241 e. The van der Waals surface area contributed by atoms with Gasteiger partial charge >= 0.3 is 0 Å². The van der Waals surface area contributed by atoms with E-state index in [1.54, 1.807) is 13.0 Å². The van der Waals surface area contributed by atoms with Crippen molar-refractivity contribution in [2.24, 2.45) is 11.8 Å². The molecule has 0 amide bonds. The fraction of sp³-hybridized carbons (Fsp3) is 0.600. The van der Waals surface area contributed by atoms with Gasteiger partial charge in [-0.3, -0.25) is 0 Å². The molecule has 0 aromatic heterocycles. The predicted octanol–water partition coefficient (Wildman–Crippen LogP) is 3.44. The molecule has 0 spiro atoms. The minimum absolute atomic E-state index is 0.00280. The number of nitrogen functional groups attached to an aromatic ring is 1. The van der Waals surface area contributed by atoms with E-state index in [9.17, 15) is 8.42 Å². The first kappa shape index (κ1) is 16.8. The van der Waals surface area contributed by atoms with Crippen LogP contribution in [0.25, 0.3) is 0 Å². The Hall–Kier alpha value is -0.590. The number of hydrogen-bond acceptors (Lipinski definition) is 3. The summed E-state index contributed by atoms with van der Waals surface area (Å²) < 4.78 is 28.9. The van der Waals surface area contributed by atoms with E-state index in [2.05, 4.69) is 34.5 Å². The lowest BCUT2D eigenvalue weighted by Crippen LogP contribution is -2.43. The van der Waals surface area contributed by atoms with Gasteiger partial charge in [0, 0.05) is 16.2 Å². The van der Waals surface area contributed by atoms with E-state index < -0.39 is 10.0 Å². The second-order valence-corrected chi connectivity index (χ2v) is 8.67. The average molecular weight is 375 g/mol. The van der Waals surface area contributed by atoms with Gasteiger partial charge in [0.1, 0.15) is 0 Å². The van der Waals surface area contributed by atoms with Crippen LogP contribution in [0.3, 0.4) is 0 Å². The Morgan fingerprint density at radius 3 is 2.62 bits per heavy atom. The first-order valence-corrected chi connectivity index (χ1v) is 9.58. The minimum atomic E-state index is -3.54. The molecule has 3 unspecified atom stereocenters. The molecule has 21 heavy (non-hydrogen) atoms. The summed E-state index contributed by atoms with van der Waals surface area (Å²) in [5.41, 5.74) is 6.96. The Balaban J connectivity index is 2.28. The van der Waals surface area contributed by atoms with Crippen LogP contribution in [0.15, 0.2) is 21.5 Å². The molecular weight excluding hydrogens is 352 g/mol. The Morgan fingerprint density at radius 2 is 1.95 bits per heavy atom. The topological polar surface area (TPSA) is 72.2 Å². The van der Waals surface area contributed by atoms with Crippen LogP contribution < -0.4 is 10.5 Å². The molecule has 1 fully saturated rings. The summed E-state index contributed by atoms with van der Waals surface area (Å²) in [5, 5.41) is 0. The Labute approximate surface area is 135 Å². The highest BCUT2D eigenvalue weighted by atomic mass is 79.9. The van der Waals surface area contributed by atoms with Crippen molar-refractivity contribution in [1.82, 2.24) is 4.72 Å². The maximum atomic E-state index is 12.7. The zero-order valence-electron chi connectivity index (χ0n) is 12.7. The van der Waals surface area contributed by atoms with Gasteiger partial charge in [-0.2, -0.15) is 0 Å². The van der Waals surface area contributed by atoms with Crippen molar-refractivity contribution in [2.45, 2.75) is 51.0 Å². The summed E-state index contributed by atoms with van der Waals surface area (Å²) in [6.07, 6.45) is 3.14. The lowest BCUT2D eigenvalue weighted by molar-refractivity contribution is 0.227. The molecule has 118 valence electrons. The fourth-order valence-corrected chi connectivity index (χ4v) is 5.05. The Kier molecular flexibility index (Phi) is 5.00. The number of nitrogens with one attached hydrogen (secondary N) is 1. The van der Waals surface area contributed by atoms with Crippen LogP contribution in [0.5, 0.6) is 0 Å². The fourth-order valence-electron chi connectivity index (χ4n) is 2.97. The van der Waals surface area contributed by atoms with Gasteiger partial charge in [0.25, 0.3) is 0 Å². The highest BCUT2D eigenvalue weighted by molar-refractivity contribution is 9.10. The van der Waals surface area contributed by atoms with Crippen molar-refractivity contribution in [3.63, 3.8) is 0 Å². The normalized spacial score (nSPS) is 26.8. The molecule has 1 aliphatic rings. The molecule has 0 bridgehead atoms. The second-order valence-electron chi connectivity index (χ2n) is 6.13. The van der Waals surface area contributed by atoms with Crippen molar-refractivity contribution in [1.29, 1.82) is 0 Å². The van der Waals surface area contributed by atoms with Gasteiger partial charge in [0.05, 0.1) is 4.90 Å². The van der Waals surface area contributed by atoms with Gasteiger partial charge < -0.3 is 5.73 Å².